The SMILES string of the molecule is CCOc1ccc(CC(=O)NCC2Oc3ccccc3NC2=O)cc1. The first-order valence-electron chi connectivity index (χ1n) is 8.20. The highest BCUT2D eigenvalue weighted by atomic mass is 16.5. The van der Waals surface area contributed by atoms with E-state index < -0.39 is 6.10 Å². The lowest BCUT2D eigenvalue weighted by Gasteiger charge is -2.25. The van der Waals surface area contributed by atoms with Crippen LogP contribution in [0.2, 0.25) is 0 Å². The van der Waals surface area contributed by atoms with Gasteiger partial charge in [0.25, 0.3) is 5.91 Å². The summed E-state index contributed by atoms with van der Waals surface area (Å²) in [7, 11) is 0. The molecule has 25 heavy (non-hydrogen) atoms. The van der Waals surface area contributed by atoms with Crippen LogP contribution in [0.1, 0.15) is 12.5 Å². The Hall–Kier alpha value is -3.02. The van der Waals surface area contributed by atoms with E-state index >= 15 is 0 Å². The molecule has 3 rings (SSSR count). The van der Waals surface area contributed by atoms with Crippen molar-refractivity contribution in [1.29, 1.82) is 0 Å². The van der Waals surface area contributed by atoms with Gasteiger partial charge in [-0.15, -0.1) is 0 Å². The number of ether oxygens (including phenoxy) is 2. The van der Waals surface area contributed by atoms with E-state index in [1.54, 1.807) is 12.1 Å². The first-order chi connectivity index (χ1) is 12.2. The number of nitrogens with one attached hydrogen (secondary N) is 2. The van der Waals surface area contributed by atoms with Crippen molar-refractivity contribution in [3.05, 3.63) is 54.1 Å². The van der Waals surface area contributed by atoms with Crippen molar-refractivity contribution in [2.45, 2.75) is 19.4 Å². The molecule has 2 aromatic carbocycles. The summed E-state index contributed by atoms with van der Waals surface area (Å²) in [5.74, 6) is 0.949. The third-order valence-corrected chi connectivity index (χ3v) is 3.79. The summed E-state index contributed by atoms with van der Waals surface area (Å²) in [6, 6.07) is 14.6. The topological polar surface area (TPSA) is 76.7 Å². The van der Waals surface area contributed by atoms with Gasteiger partial charge in [0.2, 0.25) is 5.91 Å². The van der Waals surface area contributed by atoms with Crippen molar-refractivity contribution < 1.29 is 19.1 Å². The zero-order valence-corrected chi connectivity index (χ0v) is 14.0. The van der Waals surface area contributed by atoms with Gasteiger partial charge in [0, 0.05) is 0 Å². The van der Waals surface area contributed by atoms with E-state index in [4.69, 9.17) is 9.47 Å². The van der Waals surface area contributed by atoms with Gasteiger partial charge in [-0.3, -0.25) is 9.59 Å². The molecule has 130 valence electrons. The van der Waals surface area contributed by atoms with Crippen molar-refractivity contribution >= 4 is 17.5 Å². The maximum absolute atomic E-state index is 12.1. The van der Waals surface area contributed by atoms with E-state index in [9.17, 15) is 9.59 Å². The number of amides is 2. The smallest absolute Gasteiger partial charge is 0.267 e. The standard InChI is InChI=1S/C19H20N2O4/c1-2-24-14-9-7-13(8-10-14)11-18(22)20-12-17-19(23)21-15-5-3-4-6-16(15)25-17/h3-10,17H,2,11-12H2,1H3,(H,20,22)(H,21,23). The zero-order valence-electron chi connectivity index (χ0n) is 14.0. The Morgan fingerprint density at radius 2 is 1.96 bits per heavy atom. The summed E-state index contributed by atoms with van der Waals surface area (Å²) >= 11 is 0. The Morgan fingerprint density at radius 3 is 2.72 bits per heavy atom. The van der Waals surface area contributed by atoms with Gasteiger partial charge >= 0.3 is 0 Å². The minimum Gasteiger partial charge on any atom is -0.494 e. The molecule has 1 aliphatic rings. The third-order valence-electron chi connectivity index (χ3n) is 3.79. The molecule has 0 aliphatic carbocycles. The van der Waals surface area contributed by atoms with Gasteiger partial charge < -0.3 is 20.1 Å². The molecule has 2 N–H and O–H groups in total. The molecule has 2 aromatic rings. The lowest BCUT2D eigenvalue weighted by molar-refractivity contribution is -0.124. The highest BCUT2D eigenvalue weighted by Crippen LogP contribution is 2.28. The Labute approximate surface area is 146 Å². The van der Waals surface area contributed by atoms with Crippen molar-refractivity contribution in [3.8, 4) is 11.5 Å². The van der Waals surface area contributed by atoms with E-state index in [2.05, 4.69) is 10.6 Å². The summed E-state index contributed by atoms with van der Waals surface area (Å²) in [4.78, 5) is 24.1. The molecule has 1 atom stereocenters. The maximum atomic E-state index is 12.1. The lowest BCUT2D eigenvalue weighted by atomic mass is 10.1. The van der Waals surface area contributed by atoms with Crippen molar-refractivity contribution in [1.82, 2.24) is 5.32 Å². The van der Waals surface area contributed by atoms with Gasteiger partial charge in [-0.05, 0) is 36.8 Å². The van der Waals surface area contributed by atoms with Crippen LogP contribution in [-0.2, 0) is 16.0 Å². The maximum Gasteiger partial charge on any atom is 0.267 e. The van der Waals surface area contributed by atoms with Crippen molar-refractivity contribution in [3.63, 3.8) is 0 Å². The normalized spacial score (nSPS) is 15.6. The highest BCUT2D eigenvalue weighted by molar-refractivity contribution is 5.98. The number of carbonyl (C=O) groups excluding carboxylic acids is 2. The minimum atomic E-state index is -0.737. The van der Waals surface area contributed by atoms with Gasteiger partial charge in [-0.25, -0.2) is 0 Å². The fraction of sp³-hybridized carbons (Fsp3) is 0.263. The fourth-order valence-corrected chi connectivity index (χ4v) is 2.55. The van der Waals surface area contributed by atoms with Crippen LogP contribution in [0.25, 0.3) is 0 Å². The van der Waals surface area contributed by atoms with Crippen LogP contribution in [-0.4, -0.2) is 31.1 Å². The Kier molecular flexibility index (Phi) is 5.18. The summed E-state index contributed by atoms with van der Waals surface area (Å²) in [5, 5.41) is 5.52. The fourth-order valence-electron chi connectivity index (χ4n) is 2.55. The highest BCUT2D eigenvalue weighted by Gasteiger charge is 2.27. The summed E-state index contributed by atoms with van der Waals surface area (Å²) in [6.45, 7) is 2.64. The molecule has 0 fully saturated rings. The van der Waals surface area contributed by atoms with E-state index in [0.717, 1.165) is 11.3 Å². The average Bonchev–Trinajstić information content (AvgIpc) is 2.62. The van der Waals surface area contributed by atoms with Gasteiger partial charge in [-0.2, -0.15) is 0 Å². The van der Waals surface area contributed by atoms with Crippen molar-refractivity contribution in [2.75, 3.05) is 18.5 Å². The Balaban J connectivity index is 1.51. The zero-order chi connectivity index (χ0) is 17.6. The number of benzene rings is 2. The predicted octanol–water partition coefficient (Wildman–Crippen LogP) is 2.14. The Bertz CT molecular complexity index is 758. The molecule has 0 aromatic heterocycles. The quantitative estimate of drug-likeness (QED) is 0.845. The number of rotatable bonds is 6. The summed E-state index contributed by atoms with van der Waals surface area (Å²) in [6.07, 6.45) is -0.503. The molecule has 2 amide bonds. The number of fused-ring (bicyclic) bond motifs is 1. The second-order valence-corrected chi connectivity index (χ2v) is 5.65. The molecule has 0 radical (unpaired) electrons. The Morgan fingerprint density at radius 1 is 1.20 bits per heavy atom. The van der Waals surface area contributed by atoms with Crippen LogP contribution in [0.5, 0.6) is 11.5 Å². The monoisotopic (exact) mass is 340 g/mol. The van der Waals surface area contributed by atoms with E-state index in [1.807, 2.05) is 43.3 Å². The lowest BCUT2D eigenvalue weighted by Crippen LogP contribution is -2.45. The van der Waals surface area contributed by atoms with Crippen LogP contribution in [0, 0.1) is 0 Å². The molecule has 1 heterocycles. The summed E-state index contributed by atoms with van der Waals surface area (Å²) < 4.78 is 11.0. The largest absolute Gasteiger partial charge is 0.494 e. The van der Waals surface area contributed by atoms with Crippen LogP contribution in [0.3, 0.4) is 0 Å². The molecule has 1 aliphatic heterocycles. The average molecular weight is 340 g/mol. The molecular formula is C19H20N2O4. The first kappa shape index (κ1) is 16.8. The molecule has 1 unspecified atom stereocenters. The van der Waals surface area contributed by atoms with Crippen LogP contribution < -0.4 is 20.1 Å². The molecule has 6 heteroatoms. The first-order valence-corrected chi connectivity index (χ1v) is 8.20. The number of hydrogen-bond acceptors (Lipinski definition) is 4. The molecule has 0 spiro atoms. The van der Waals surface area contributed by atoms with E-state index in [-0.39, 0.29) is 24.8 Å². The van der Waals surface area contributed by atoms with E-state index in [1.165, 1.54) is 0 Å². The number of para-hydroxylation sites is 2. The number of carbonyl (C=O) groups is 2. The van der Waals surface area contributed by atoms with Gasteiger partial charge in [-0.1, -0.05) is 24.3 Å². The van der Waals surface area contributed by atoms with Gasteiger partial charge in [0.05, 0.1) is 25.3 Å². The van der Waals surface area contributed by atoms with Gasteiger partial charge in [0.1, 0.15) is 11.5 Å². The minimum absolute atomic E-state index is 0.121. The van der Waals surface area contributed by atoms with Crippen LogP contribution in [0.4, 0.5) is 5.69 Å². The van der Waals surface area contributed by atoms with Gasteiger partial charge in [0.15, 0.2) is 6.10 Å². The third kappa shape index (κ3) is 4.29. The van der Waals surface area contributed by atoms with Crippen LogP contribution >= 0.6 is 0 Å². The number of anilines is 1. The molecule has 0 saturated carbocycles. The molecule has 6 nitrogen and oxygen atoms in total. The molecule has 0 bridgehead atoms. The molecular weight excluding hydrogens is 320 g/mol. The summed E-state index contributed by atoms with van der Waals surface area (Å²) in [5.41, 5.74) is 1.52. The van der Waals surface area contributed by atoms with Crippen molar-refractivity contribution in [2.24, 2.45) is 0 Å². The van der Waals surface area contributed by atoms with Crippen LogP contribution in [0.15, 0.2) is 48.5 Å². The number of hydrogen-bond donors (Lipinski definition) is 2. The van der Waals surface area contributed by atoms with E-state index in [0.29, 0.717) is 18.0 Å². The second kappa shape index (κ2) is 7.70. The molecule has 0 saturated heterocycles. The second-order valence-electron chi connectivity index (χ2n) is 5.65. The predicted molar refractivity (Wildman–Crippen MR) is 93.8 cm³/mol.